The van der Waals surface area contributed by atoms with Gasteiger partial charge in [0.1, 0.15) is 0 Å². The smallest absolute Gasteiger partial charge is 0.0178 e. The van der Waals surface area contributed by atoms with Gasteiger partial charge in [-0.25, -0.2) is 0 Å². The lowest BCUT2D eigenvalue weighted by molar-refractivity contribution is 0.753. The molecule has 0 aromatic heterocycles. The molecule has 0 amide bonds. The van der Waals surface area contributed by atoms with Crippen molar-refractivity contribution in [3.05, 3.63) is 70.8 Å². The van der Waals surface area contributed by atoms with Crippen LogP contribution in [-0.2, 0) is 13.0 Å². The lowest BCUT2D eigenvalue weighted by Crippen LogP contribution is -2.02. The summed E-state index contributed by atoms with van der Waals surface area (Å²) in [4.78, 5) is 0. The van der Waals surface area contributed by atoms with Gasteiger partial charge in [-0.2, -0.15) is 0 Å². The van der Waals surface area contributed by atoms with Crippen LogP contribution in [0.3, 0.4) is 0 Å². The molecule has 20 heavy (non-hydrogen) atoms. The molecule has 0 aliphatic rings. The molecule has 0 fully saturated rings. The molecule has 0 bridgehead atoms. The van der Waals surface area contributed by atoms with Crippen LogP contribution in [0.25, 0.3) is 0 Å². The van der Waals surface area contributed by atoms with Gasteiger partial charge in [0.15, 0.2) is 0 Å². The molecule has 0 spiro atoms. The van der Waals surface area contributed by atoms with Crippen LogP contribution in [0.5, 0.6) is 0 Å². The van der Waals surface area contributed by atoms with E-state index in [1.807, 2.05) is 0 Å². The van der Waals surface area contributed by atoms with E-state index in [4.69, 9.17) is 5.73 Å². The third-order valence-corrected chi connectivity index (χ3v) is 3.92. The Morgan fingerprint density at radius 2 is 1.45 bits per heavy atom. The van der Waals surface area contributed by atoms with Gasteiger partial charge >= 0.3 is 0 Å². The lowest BCUT2D eigenvalue weighted by Gasteiger charge is -2.14. The molecule has 0 aliphatic heterocycles. The van der Waals surface area contributed by atoms with Crippen LogP contribution in [0.15, 0.2) is 48.5 Å². The molecule has 2 aromatic carbocycles. The maximum Gasteiger partial charge on any atom is 0.0178 e. The van der Waals surface area contributed by atoms with Crippen LogP contribution in [-0.4, -0.2) is 0 Å². The summed E-state index contributed by atoms with van der Waals surface area (Å²) in [5.74, 6) is 1.11. The summed E-state index contributed by atoms with van der Waals surface area (Å²) in [6.07, 6.45) is 1.08. The summed E-state index contributed by atoms with van der Waals surface area (Å²) in [6.45, 7) is 7.39. The maximum absolute atomic E-state index is 5.72. The number of rotatable bonds is 5. The Kier molecular flexibility index (Phi) is 4.97. The van der Waals surface area contributed by atoms with Crippen molar-refractivity contribution < 1.29 is 0 Å². The quantitative estimate of drug-likeness (QED) is 0.840. The van der Waals surface area contributed by atoms with E-state index in [9.17, 15) is 0 Å². The normalized spacial score (nSPS) is 12.7. The summed E-state index contributed by atoms with van der Waals surface area (Å²) < 4.78 is 0. The van der Waals surface area contributed by atoms with Gasteiger partial charge in [0.2, 0.25) is 0 Å². The van der Waals surface area contributed by atoms with E-state index in [-0.39, 0.29) is 0 Å². The summed E-state index contributed by atoms with van der Waals surface area (Å²) in [6, 6.07) is 17.6. The van der Waals surface area contributed by atoms with E-state index in [1.54, 1.807) is 0 Å². The van der Waals surface area contributed by atoms with E-state index in [1.165, 1.54) is 22.3 Å². The minimum absolute atomic E-state index is 0.518. The molecule has 0 saturated heterocycles. The highest BCUT2D eigenvalue weighted by molar-refractivity contribution is 5.30. The van der Waals surface area contributed by atoms with Crippen LogP contribution in [0.1, 0.15) is 54.9 Å². The summed E-state index contributed by atoms with van der Waals surface area (Å²) >= 11 is 0. The van der Waals surface area contributed by atoms with Crippen LogP contribution in [0, 0.1) is 0 Å². The SMILES string of the molecule is CC(C)c1cccc(CC(C)c2cccc(CN)c2)c1. The number of nitrogens with two attached hydrogens (primary N) is 1. The Morgan fingerprint density at radius 3 is 2.10 bits per heavy atom. The van der Waals surface area contributed by atoms with Crippen LogP contribution in [0.4, 0.5) is 0 Å². The molecule has 1 heteroatoms. The van der Waals surface area contributed by atoms with Crippen LogP contribution < -0.4 is 5.73 Å². The molecule has 1 nitrogen and oxygen atoms in total. The second-order valence-corrected chi connectivity index (χ2v) is 5.95. The molecular formula is C19H25N. The van der Waals surface area contributed by atoms with Crippen molar-refractivity contribution in [2.75, 3.05) is 0 Å². The van der Waals surface area contributed by atoms with Crippen LogP contribution >= 0.6 is 0 Å². The van der Waals surface area contributed by atoms with Gasteiger partial charge < -0.3 is 5.73 Å². The molecule has 0 radical (unpaired) electrons. The van der Waals surface area contributed by atoms with E-state index >= 15 is 0 Å². The lowest BCUT2D eigenvalue weighted by atomic mass is 9.91. The highest BCUT2D eigenvalue weighted by Gasteiger charge is 2.08. The van der Waals surface area contributed by atoms with Crippen molar-refractivity contribution in [1.29, 1.82) is 0 Å². The van der Waals surface area contributed by atoms with Crippen molar-refractivity contribution in [1.82, 2.24) is 0 Å². The first-order valence-electron chi connectivity index (χ1n) is 7.48. The highest BCUT2D eigenvalue weighted by atomic mass is 14.5. The maximum atomic E-state index is 5.72. The van der Waals surface area contributed by atoms with E-state index < -0.39 is 0 Å². The Labute approximate surface area is 122 Å². The summed E-state index contributed by atoms with van der Waals surface area (Å²) in [5.41, 5.74) is 11.2. The molecular weight excluding hydrogens is 242 g/mol. The second-order valence-electron chi connectivity index (χ2n) is 5.95. The average molecular weight is 267 g/mol. The van der Waals surface area contributed by atoms with Gasteiger partial charge in [-0.15, -0.1) is 0 Å². The standard InChI is InChI=1S/C19H25N/c1-14(2)18-8-4-6-16(11-18)10-15(3)19-9-5-7-17(12-19)13-20/h4-9,11-12,14-15H,10,13,20H2,1-3H3. The summed E-state index contributed by atoms with van der Waals surface area (Å²) in [7, 11) is 0. The van der Waals surface area contributed by atoms with Gasteiger partial charge in [-0.3, -0.25) is 0 Å². The molecule has 1 atom stereocenters. The topological polar surface area (TPSA) is 26.0 Å². The molecule has 106 valence electrons. The number of hydrogen-bond acceptors (Lipinski definition) is 1. The van der Waals surface area contributed by atoms with Crippen molar-refractivity contribution in [2.45, 2.75) is 45.6 Å². The second kappa shape index (κ2) is 6.71. The predicted molar refractivity (Wildman–Crippen MR) is 87.0 cm³/mol. The molecule has 0 heterocycles. The van der Waals surface area contributed by atoms with Crippen molar-refractivity contribution in [3.8, 4) is 0 Å². The van der Waals surface area contributed by atoms with E-state index in [2.05, 4.69) is 69.3 Å². The first kappa shape index (κ1) is 14.8. The molecule has 2 rings (SSSR count). The van der Waals surface area contributed by atoms with Crippen molar-refractivity contribution in [2.24, 2.45) is 5.73 Å². The Hall–Kier alpha value is -1.60. The zero-order valence-electron chi connectivity index (χ0n) is 12.8. The predicted octanol–water partition coefficient (Wildman–Crippen LogP) is 4.61. The van der Waals surface area contributed by atoms with Gasteiger partial charge in [-0.05, 0) is 40.5 Å². The Bertz CT molecular complexity index is 557. The van der Waals surface area contributed by atoms with E-state index in [0.29, 0.717) is 18.4 Å². The zero-order valence-corrected chi connectivity index (χ0v) is 12.8. The Balaban J connectivity index is 2.14. The fourth-order valence-corrected chi connectivity index (χ4v) is 2.58. The minimum atomic E-state index is 0.518. The third-order valence-electron chi connectivity index (χ3n) is 3.92. The number of hydrogen-bond donors (Lipinski definition) is 1. The zero-order chi connectivity index (χ0) is 14.5. The monoisotopic (exact) mass is 267 g/mol. The fraction of sp³-hybridized carbons (Fsp3) is 0.368. The van der Waals surface area contributed by atoms with E-state index in [0.717, 1.165) is 6.42 Å². The van der Waals surface area contributed by atoms with Gasteiger partial charge in [0.25, 0.3) is 0 Å². The van der Waals surface area contributed by atoms with Gasteiger partial charge in [0, 0.05) is 6.54 Å². The van der Waals surface area contributed by atoms with Gasteiger partial charge in [0.05, 0.1) is 0 Å². The molecule has 0 aliphatic carbocycles. The largest absolute Gasteiger partial charge is 0.326 e. The first-order valence-corrected chi connectivity index (χ1v) is 7.48. The highest BCUT2D eigenvalue weighted by Crippen LogP contribution is 2.23. The number of benzene rings is 2. The minimum Gasteiger partial charge on any atom is -0.326 e. The summed E-state index contributed by atoms with van der Waals surface area (Å²) in [5, 5.41) is 0. The van der Waals surface area contributed by atoms with Gasteiger partial charge in [-0.1, -0.05) is 69.3 Å². The molecule has 1 unspecified atom stereocenters. The first-order chi connectivity index (χ1) is 9.60. The molecule has 0 saturated carbocycles. The van der Waals surface area contributed by atoms with Crippen molar-refractivity contribution in [3.63, 3.8) is 0 Å². The molecule has 2 aromatic rings. The average Bonchev–Trinajstić information content (AvgIpc) is 2.47. The van der Waals surface area contributed by atoms with Crippen molar-refractivity contribution >= 4 is 0 Å². The third kappa shape index (κ3) is 3.71. The molecule has 2 N–H and O–H groups in total. The Morgan fingerprint density at radius 1 is 0.850 bits per heavy atom. The van der Waals surface area contributed by atoms with Crippen LogP contribution in [0.2, 0.25) is 0 Å². The fourth-order valence-electron chi connectivity index (χ4n) is 2.58.